The van der Waals surface area contributed by atoms with Crippen molar-refractivity contribution in [3.8, 4) is 22.1 Å². The molecule has 1 aliphatic rings. The van der Waals surface area contributed by atoms with Crippen molar-refractivity contribution in [3.05, 3.63) is 53.5 Å². The molecule has 0 radical (unpaired) electrons. The number of aromatic amines is 1. The molecule has 6 nitrogen and oxygen atoms in total. The summed E-state index contributed by atoms with van der Waals surface area (Å²) in [7, 11) is 1.75. The molecule has 1 amide bonds. The van der Waals surface area contributed by atoms with Crippen molar-refractivity contribution in [1.29, 1.82) is 0 Å². The van der Waals surface area contributed by atoms with Crippen LogP contribution in [0.25, 0.3) is 10.6 Å². The number of fused-ring (bicyclic) bond motifs is 1. The average molecular weight is 355 g/mol. The lowest BCUT2D eigenvalue weighted by Crippen LogP contribution is -2.44. The zero-order valence-corrected chi connectivity index (χ0v) is 14.5. The number of likely N-dealkylation sites (N-methyl/N-ethyl adjacent to an activating group) is 1. The Balaban J connectivity index is 1.41. The van der Waals surface area contributed by atoms with Crippen LogP contribution in [0.3, 0.4) is 0 Å². The van der Waals surface area contributed by atoms with Gasteiger partial charge in [-0.05, 0) is 29.6 Å². The molecule has 3 aromatic rings. The van der Waals surface area contributed by atoms with Gasteiger partial charge in [-0.3, -0.25) is 9.89 Å². The number of nitrogens with one attached hydrogen (secondary N) is 1. The molecule has 0 spiro atoms. The molecule has 1 aliphatic heterocycles. The van der Waals surface area contributed by atoms with Crippen LogP contribution in [0.5, 0.6) is 11.5 Å². The van der Waals surface area contributed by atoms with Crippen LogP contribution in [-0.2, 0) is 11.3 Å². The number of rotatable bonds is 4. The van der Waals surface area contributed by atoms with E-state index in [0.29, 0.717) is 18.0 Å². The number of nitrogens with zero attached hydrogens (tertiary/aromatic N) is 2. The highest BCUT2D eigenvalue weighted by molar-refractivity contribution is 7.13. The fraction of sp³-hybridized carbons (Fsp3) is 0.222. The molecule has 1 aromatic carbocycles. The van der Waals surface area contributed by atoms with Crippen molar-refractivity contribution in [1.82, 2.24) is 15.1 Å². The number of hydrogen-bond acceptors (Lipinski definition) is 5. The highest BCUT2D eigenvalue weighted by atomic mass is 32.1. The van der Waals surface area contributed by atoms with Gasteiger partial charge in [0.25, 0.3) is 5.91 Å². The van der Waals surface area contributed by atoms with E-state index < -0.39 is 6.10 Å². The van der Waals surface area contributed by atoms with E-state index in [-0.39, 0.29) is 12.5 Å². The van der Waals surface area contributed by atoms with E-state index >= 15 is 0 Å². The largest absolute Gasteiger partial charge is 0.485 e. The van der Waals surface area contributed by atoms with Gasteiger partial charge in [0.1, 0.15) is 12.3 Å². The number of hydrogen-bond donors (Lipinski definition) is 1. The predicted molar refractivity (Wildman–Crippen MR) is 94.7 cm³/mol. The maximum Gasteiger partial charge on any atom is 0.267 e. The second kappa shape index (κ2) is 6.60. The first-order valence-electron chi connectivity index (χ1n) is 7.92. The van der Waals surface area contributed by atoms with Crippen molar-refractivity contribution >= 4 is 17.2 Å². The lowest BCUT2D eigenvalue weighted by Gasteiger charge is -2.28. The molecular formula is C18H17N3O3S. The highest BCUT2D eigenvalue weighted by Crippen LogP contribution is 2.31. The van der Waals surface area contributed by atoms with Crippen LogP contribution in [0.1, 0.15) is 5.69 Å². The number of ether oxygens (including phenoxy) is 2. The fourth-order valence-corrected chi connectivity index (χ4v) is 3.40. The molecule has 1 atom stereocenters. The summed E-state index contributed by atoms with van der Waals surface area (Å²) in [5.41, 5.74) is 1.76. The number of H-pyrrole nitrogens is 1. The number of benzene rings is 1. The summed E-state index contributed by atoms with van der Waals surface area (Å²) in [5, 5.41) is 9.31. The van der Waals surface area contributed by atoms with Gasteiger partial charge in [-0.2, -0.15) is 5.10 Å². The molecule has 0 unspecified atom stereocenters. The molecule has 2 aromatic heterocycles. The minimum Gasteiger partial charge on any atom is -0.485 e. The maximum atomic E-state index is 12.6. The van der Waals surface area contributed by atoms with Gasteiger partial charge < -0.3 is 14.4 Å². The van der Waals surface area contributed by atoms with Crippen LogP contribution in [0.15, 0.2) is 47.8 Å². The summed E-state index contributed by atoms with van der Waals surface area (Å²) < 4.78 is 11.4. The smallest absolute Gasteiger partial charge is 0.267 e. The summed E-state index contributed by atoms with van der Waals surface area (Å²) in [6, 6.07) is 13.3. The summed E-state index contributed by atoms with van der Waals surface area (Å²) in [6.45, 7) is 0.641. The molecule has 0 saturated heterocycles. The summed E-state index contributed by atoms with van der Waals surface area (Å²) in [4.78, 5) is 15.3. The number of thiophene rings is 1. The van der Waals surface area contributed by atoms with Crippen molar-refractivity contribution in [2.75, 3.05) is 13.7 Å². The first kappa shape index (κ1) is 15.7. The van der Waals surface area contributed by atoms with Gasteiger partial charge in [-0.15, -0.1) is 11.3 Å². The van der Waals surface area contributed by atoms with Gasteiger partial charge in [0.05, 0.1) is 17.1 Å². The van der Waals surface area contributed by atoms with Crippen LogP contribution in [0.2, 0.25) is 0 Å². The average Bonchev–Trinajstić information content (AvgIpc) is 3.32. The summed E-state index contributed by atoms with van der Waals surface area (Å²) in [5.74, 6) is 1.15. The minimum atomic E-state index is -0.639. The Morgan fingerprint density at radius 3 is 2.96 bits per heavy atom. The van der Waals surface area contributed by atoms with Gasteiger partial charge in [-0.25, -0.2) is 0 Å². The van der Waals surface area contributed by atoms with Crippen LogP contribution in [0, 0.1) is 0 Å². The third-order valence-corrected chi connectivity index (χ3v) is 4.86. The van der Waals surface area contributed by atoms with Crippen LogP contribution >= 0.6 is 11.3 Å². The Morgan fingerprint density at radius 2 is 2.16 bits per heavy atom. The molecule has 0 fully saturated rings. The Labute approximate surface area is 149 Å². The van der Waals surface area contributed by atoms with Crippen LogP contribution in [0.4, 0.5) is 0 Å². The highest BCUT2D eigenvalue weighted by Gasteiger charge is 2.29. The van der Waals surface area contributed by atoms with Crippen molar-refractivity contribution in [2.45, 2.75) is 12.6 Å². The van der Waals surface area contributed by atoms with Gasteiger partial charge >= 0.3 is 0 Å². The Kier molecular flexibility index (Phi) is 4.15. The van der Waals surface area contributed by atoms with E-state index in [1.807, 2.05) is 41.8 Å². The zero-order chi connectivity index (χ0) is 17.2. The third-order valence-electron chi connectivity index (χ3n) is 3.97. The van der Waals surface area contributed by atoms with Gasteiger partial charge in [0.2, 0.25) is 6.10 Å². The van der Waals surface area contributed by atoms with E-state index in [4.69, 9.17) is 9.47 Å². The molecular weight excluding hydrogens is 338 g/mol. The van der Waals surface area contributed by atoms with Gasteiger partial charge in [0, 0.05) is 7.05 Å². The lowest BCUT2D eigenvalue weighted by atomic mass is 10.2. The number of para-hydroxylation sites is 2. The topological polar surface area (TPSA) is 67.5 Å². The quantitative estimate of drug-likeness (QED) is 0.781. The second-order valence-corrected chi connectivity index (χ2v) is 6.76. The Hall–Kier alpha value is -2.80. The summed E-state index contributed by atoms with van der Waals surface area (Å²) in [6.07, 6.45) is -0.639. The van der Waals surface area contributed by atoms with Crippen LogP contribution < -0.4 is 9.47 Å². The number of carbonyl (C=O) groups excluding carboxylic acids is 1. The fourth-order valence-electron chi connectivity index (χ4n) is 2.71. The molecule has 0 aliphatic carbocycles. The molecule has 7 heteroatoms. The molecule has 3 heterocycles. The monoisotopic (exact) mass is 355 g/mol. The van der Waals surface area contributed by atoms with Gasteiger partial charge in [0.15, 0.2) is 11.5 Å². The second-order valence-electron chi connectivity index (χ2n) is 5.81. The predicted octanol–water partition coefficient (Wildman–Crippen LogP) is 2.94. The van der Waals surface area contributed by atoms with E-state index in [2.05, 4.69) is 10.2 Å². The standard InChI is InChI=1S/C18H17N3O3S/c1-21(10-12-9-13(20-19-12)17-7-4-8-25-17)18(22)16-11-23-14-5-2-3-6-15(14)24-16/h2-9,16H,10-11H2,1H3,(H,19,20)/t16-/m0/s1. The Bertz CT molecular complexity index is 875. The molecule has 0 bridgehead atoms. The van der Waals surface area contributed by atoms with Crippen molar-refractivity contribution in [2.24, 2.45) is 0 Å². The first-order valence-corrected chi connectivity index (χ1v) is 8.80. The SMILES string of the molecule is CN(Cc1cc(-c2cccs2)n[nH]1)C(=O)[C@@H]1COc2ccccc2O1. The normalized spacial score (nSPS) is 15.8. The van der Waals surface area contributed by atoms with Crippen LogP contribution in [-0.4, -0.2) is 40.8 Å². The van der Waals surface area contributed by atoms with Crippen molar-refractivity contribution < 1.29 is 14.3 Å². The molecule has 1 N–H and O–H groups in total. The lowest BCUT2D eigenvalue weighted by molar-refractivity contribution is -0.140. The van der Waals surface area contributed by atoms with Crippen molar-refractivity contribution in [3.63, 3.8) is 0 Å². The van der Waals surface area contributed by atoms with Gasteiger partial charge in [-0.1, -0.05) is 18.2 Å². The van der Waals surface area contributed by atoms with E-state index in [0.717, 1.165) is 16.3 Å². The minimum absolute atomic E-state index is 0.123. The number of carbonyl (C=O) groups is 1. The van der Waals surface area contributed by atoms with E-state index in [1.54, 1.807) is 29.4 Å². The third kappa shape index (κ3) is 3.23. The van der Waals surface area contributed by atoms with E-state index in [1.165, 1.54) is 0 Å². The molecule has 25 heavy (non-hydrogen) atoms. The Morgan fingerprint density at radius 1 is 1.32 bits per heavy atom. The molecule has 4 rings (SSSR count). The molecule has 128 valence electrons. The first-order chi connectivity index (χ1) is 12.2. The maximum absolute atomic E-state index is 12.6. The number of aromatic nitrogens is 2. The summed E-state index contributed by atoms with van der Waals surface area (Å²) >= 11 is 1.63. The number of amides is 1. The van der Waals surface area contributed by atoms with E-state index in [9.17, 15) is 4.79 Å². The zero-order valence-electron chi connectivity index (χ0n) is 13.6. The molecule has 0 saturated carbocycles.